The zero-order chi connectivity index (χ0) is 21.4. The second-order valence-electron chi connectivity index (χ2n) is 6.90. The summed E-state index contributed by atoms with van der Waals surface area (Å²) in [6.45, 7) is 0. The first-order valence-corrected chi connectivity index (χ1v) is 9.56. The van der Waals surface area contributed by atoms with Gasteiger partial charge in [-0.1, -0.05) is 91.0 Å². The number of Topliss-reactive ketones (excluding diaryl/α,β-unsaturated/α-hetero) is 1. The number of ketones is 1. The topological polar surface area (TPSA) is 84.9 Å². The van der Waals surface area contributed by atoms with Crippen molar-refractivity contribution in [3.63, 3.8) is 0 Å². The standard InChI is InChI=1S/C26H20N2O2/c27-18-26(19-28,17-16-20-10-4-1-5-11-20)23(21-12-6-2-7-13-21)25(30)24(29)22-14-8-3-9-15-22/h1-15,30H,16-17H2/b25-23-. The third-order valence-corrected chi connectivity index (χ3v) is 4.99. The minimum Gasteiger partial charge on any atom is -0.504 e. The van der Waals surface area contributed by atoms with E-state index in [0.29, 0.717) is 12.0 Å². The fourth-order valence-corrected chi connectivity index (χ4v) is 3.38. The van der Waals surface area contributed by atoms with Crippen LogP contribution in [0.2, 0.25) is 0 Å². The summed E-state index contributed by atoms with van der Waals surface area (Å²) in [4.78, 5) is 13.0. The van der Waals surface area contributed by atoms with Crippen LogP contribution in [0.15, 0.2) is 96.8 Å². The maximum atomic E-state index is 13.0. The number of carbonyl (C=O) groups excluding carboxylic acids is 1. The van der Waals surface area contributed by atoms with Crippen molar-refractivity contribution < 1.29 is 9.90 Å². The largest absolute Gasteiger partial charge is 0.504 e. The number of allylic oxidation sites excluding steroid dienone is 2. The molecule has 4 nitrogen and oxygen atoms in total. The summed E-state index contributed by atoms with van der Waals surface area (Å²) in [7, 11) is 0. The Bertz CT molecular complexity index is 1110. The van der Waals surface area contributed by atoms with Crippen molar-refractivity contribution in [3.05, 3.63) is 113 Å². The van der Waals surface area contributed by atoms with Crippen LogP contribution < -0.4 is 0 Å². The second-order valence-corrected chi connectivity index (χ2v) is 6.90. The smallest absolute Gasteiger partial charge is 0.227 e. The summed E-state index contributed by atoms with van der Waals surface area (Å²) in [5.41, 5.74) is 0.0735. The Morgan fingerprint density at radius 3 is 1.73 bits per heavy atom. The fraction of sp³-hybridized carbons (Fsp3) is 0.115. The maximum Gasteiger partial charge on any atom is 0.227 e. The SMILES string of the molecule is N#CC(C#N)(CCc1ccccc1)/C(=C(\O)C(=O)c1ccccc1)c1ccccc1. The Morgan fingerprint density at radius 1 is 0.767 bits per heavy atom. The minimum absolute atomic E-state index is 0.0397. The highest BCUT2D eigenvalue weighted by molar-refractivity contribution is 6.12. The molecule has 0 aromatic heterocycles. The molecule has 0 bridgehead atoms. The normalized spacial score (nSPS) is 11.7. The van der Waals surface area contributed by atoms with Gasteiger partial charge in [0.1, 0.15) is 0 Å². The lowest BCUT2D eigenvalue weighted by molar-refractivity contribution is 0.0977. The monoisotopic (exact) mass is 392 g/mol. The van der Waals surface area contributed by atoms with Crippen molar-refractivity contribution in [1.82, 2.24) is 0 Å². The number of nitrogens with zero attached hydrogens (tertiary/aromatic N) is 2. The molecule has 0 atom stereocenters. The summed E-state index contributed by atoms with van der Waals surface area (Å²) in [5.74, 6) is -1.20. The molecule has 146 valence electrons. The number of hydrogen-bond acceptors (Lipinski definition) is 4. The molecule has 0 radical (unpaired) electrons. The van der Waals surface area contributed by atoms with E-state index < -0.39 is 17.0 Å². The molecule has 3 rings (SSSR count). The van der Waals surface area contributed by atoms with E-state index in [9.17, 15) is 20.4 Å². The molecule has 0 amide bonds. The van der Waals surface area contributed by atoms with Gasteiger partial charge >= 0.3 is 0 Å². The van der Waals surface area contributed by atoms with Crippen molar-refractivity contribution in [1.29, 1.82) is 10.5 Å². The minimum atomic E-state index is -1.69. The first-order chi connectivity index (χ1) is 14.6. The molecule has 0 aliphatic carbocycles. The second kappa shape index (κ2) is 9.37. The van der Waals surface area contributed by atoms with Gasteiger partial charge in [-0.25, -0.2) is 0 Å². The molecule has 1 N–H and O–H groups in total. The average molecular weight is 392 g/mol. The van der Waals surface area contributed by atoms with E-state index in [1.807, 2.05) is 30.3 Å². The van der Waals surface area contributed by atoms with Crippen LogP contribution in [0, 0.1) is 28.1 Å². The number of nitriles is 2. The molecular formula is C26H20N2O2. The molecule has 4 heteroatoms. The van der Waals surface area contributed by atoms with Gasteiger partial charge in [-0.2, -0.15) is 10.5 Å². The van der Waals surface area contributed by atoms with Crippen molar-refractivity contribution in [3.8, 4) is 12.1 Å². The first-order valence-electron chi connectivity index (χ1n) is 9.56. The lowest BCUT2D eigenvalue weighted by Crippen LogP contribution is -2.23. The molecule has 30 heavy (non-hydrogen) atoms. The molecule has 0 saturated carbocycles. The summed E-state index contributed by atoms with van der Waals surface area (Å²) in [5, 5.41) is 31.1. The molecule has 0 fully saturated rings. The van der Waals surface area contributed by atoms with Crippen molar-refractivity contribution in [2.75, 3.05) is 0 Å². The fourth-order valence-electron chi connectivity index (χ4n) is 3.38. The summed E-state index contributed by atoms with van der Waals surface area (Å²) in [6, 6.07) is 30.7. The quantitative estimate of drug-likeness (QED) is 0.327. The first kappa shape index (κ1) is 20.6. The Kier molecular flexibility index (Phi) is 6.42. The van der Waals surface area contributed by atoms with Crippen LogP contribution in [0.3, 0.4) is 0 Å². The van der Waals surface area contributed by atoms with Crippen LogP contribution in [0.5, 0.6) is 0 Å². The zero-order valence-electron chi connectivity index (χ0n) is 16.3. The molecule has 0 aliphatic heterocycles. The number of hydrogen-bond donors (Lipinski definition) is 1. The third-order valence-electron chi connectivity index (χ3n) is 4.99. The molecule has 0 spiro atoms. The Labute approximate surface area is 176 Å². The highest BCUT2D eigenvalue weighted by Crippen LogP contribution is 2.41. The van der Waals surface area contributed by atoms with Gasteiger partial charge in [-0.3, -0.25) is 4.79 Å². The number of carbonyl (C=O) groups is 1. The Morgan fingerprint density at radius 2 is 1.23 bits per heavy atom. The van der Waals surface area contributed by atoms with E-state index >= 15 is 0 Å². The van der Waals surface area contributed by atoms with Crippen molar-refractivity contribution in [2.45, 2.75) is 12.8 Å². The number of aliphatic hydroxyl groups is 1. The summed E-state index contributed by atoms with van der Waals surface area (Å²) < 4.78 is 0. The van der Waals surface area contributed by atoms with Gasteiger partial charge in [0.15, 0.2) is 11.2 Å². The third kappa shape index (κ3) is 4.29. The van der Waals surface area contributed by atoms with Crippen LogP contribution in [0.1, 0.15) is 27.9 Å². The molecule has 0 aliphatic rings. The molecule has 3 aromatic rings. The molecule has 0 saturated heterocycles. The van der Waals surface area contributed by atoms with E-state index in [4.69, 9.17) is 0 Å². The lowest BCUT2D eigenvalue weighted by atomic mass is 9.74. The number of aryl methyl sites for hydroxylation is 1. The van der Waals surface area contributed by atoms with Gasteiger partial charge in [0, 0.05) is 11.1 Å². The predicted octanol–water partition coefficient (Wildman–Crippen LogP) is 5.50. The molecule has 0 unspecified atom stereocenters. The molecular weight excluding hydrogens is 372 g/mol. The van der Waals surface area contributed by atoms with Gasteiger partial charge in [-0.05, 0) is 24.0 Å². The average Bonchev–Trinajstić information content (AvgIpc) is 2.83. The predicted molar refractivity (Wildman–Crippen MR) is 115 cm³/mol. The Balaban J connectivity index is 2.13. The highest BCUT2D eigenvalue weighted by Gasteiger charge is 2.39. The maximum absolute atomic E-state index is 13.0. The summed E-state index contributed by atoms with van der Waals surface area (Å²) in [6.07, 6.45) is 0.589. The van der Waals surface area contributed by atoms with Crippen LogP contribution >= 0.6 is 0 Å². The van der Waals surface area contributed by atoms with Crippen LogP contribution in [0.4, 0.5) is 0 Å². The van der Waals surface area contributed by atoms with Crippen molar-refractivity contribution in [2.24, 2.45) is 5.41 Å². The number of rotatable bonds is 7. The number of aliphatic hydroxyl groups excluding tert-OH is 1. The van der Waals surface area contributed by atoms with Gasteiger partial charge in [0.25, 0.3) is 0 Å². The van der Waals surface area contributed by atoms with E-state index in [2.05, 4.69) is 12.1 Å². The van der Waals surface area contributed by atoms with Crippen LogP contribution in [0.25, 0.3) is 5.57 Å². The van der Waals surface area contributed by atoms with E-state index in [-0.39, 0.29) is 17.6 Å². The van der Waals surface area contributed by atoms with Gasteiger partial charge in [0.2, 0.25) is 5.78 Å². The zero-order valence-corrected chi connectivity index (χ0v) is 16.3. The summed E-state index contributed by atoms with van der Waals surface area (Å²) >= 11 is 0. The van der Waals surface area contributed by atoms with Crippen LogP contribution in [-0.2, 0) is 6.42 Å². The van der Waals surface area contributed by atoms with Gasteiger partial charge in [0.05, 0.1) is 12.1 Å². The molecule has 3 aromatic carbocycles. The Hall–Kier alpha value is -4.15. The molecule has 0 heterocycles. The van der Waals surface area contributed by atoms with E-state index in [1.165, 1.54) is 0 Å². The lowest BCUT2D eigenvalue weighted by Gasteiger charge is -2.24. The highest BCUT2D eigenvalue weighted by atomic mass is 16.3. The number of benzene rings is 3. The van der Waals surface area contributed by atoms with E-state index in [0.717, 1.165) is 5.56 Å². The van der Waals surface area contributed by atoms with Crippen LogP contribution in [-0.4, -0.2) is 10.9 Å². The van der Waals surface area contributed by atoms with Gasteiger partial charge in [-0.15, -0.1) is 0 Å². The van der Waals surface area contributed by atoms with Gasteiger partial charge < -0.3 is 5.11 Å². The van der Waals surface area contributed by atoms with E-state index in [1.54, 1.807) is 60.7 Å². The van der Waals surface area contributed by atoms with Crippen molar-refractivity contribution >= 4 is 11.4 Å².